The second kappa shape index (κ2) is 24.4. The number of aromatic nitrogens is 1. The number of pyridine rings is 1. The number of ether oxygens (including phenoxy) is 2. The Balaban J connectivity index is -0.000000338. The second-order valence-corrected chi connectivity index (χ2v) is 6.35. The molecule has 32 heavy (non-hydrogen) atoms. The number of esters is 1. The molecule has 2 N–H and O–H groups in total. The molecule has 1 aliphatic rings. The summed E-state index contributed by atoms with van der Waals surface area (Å²) >= 11 is 4.87. The van der Waals surface area contributed by atoms with Crippen LogP contribution in [0.4, 0.5) is 0 Å². The fraction of sp³-hybridized carbons (Fsp3) is 0.409. The predicted octanol–water partition coefficient (Wildman–Crippen LogP) is 2.96. The summed E-state index contributed by atoms with van der Waals surface area (Å²) in [6.45, 7) is 12.1. The van der Waals surface area contributed by atoms with E-state index in [4.69, 9.17) is 31.3 Å². The molecule has 0 atom stereocenters. The normalized spacial score (nSPS) is 10.5. The average molecular weight is 474 g/mol. The van der Waals surface area contributed by atoms with Crippen molar-refractivity contribution in [1.29, 1.82) is 0 Å². The molecule has 1 aliphatic heterocycles. The summed E-state index contributed by atoms with van der Waals surface area (Å²) in [5, 5.41) is 14.6. The minimum Gasteiger partial charge on any atom is -0.480 e. The van der Waals surface area contributed by atoms with Gasteiger partial charge in [-0.3, -0.25) is 14.6 Å². The number of aliphatic hydroxyl groups excluding tert-OH is 1. The topological polar surface area (TPSA) is 140 Å². The van der Waals surface area contributed by atoms with Crippen molar-refractivity contribution in [2.24, 2.45) is 0 Å². The fourth-order valence-electron chi connectivity index (χ4n) is 1.11. The number of aliphatic carboxylic acids is 1. The molecule has 2 rings (SSSR count). The van der Waals surface area contributed by atoms with E-state index < -0.39 is 23.8 Å². The van der Waals surface area contributed by atoms with E-state index in [9.17, 15) is 14.4 Å². The van der Waals surface area contributed by atoms with Crippen LogP contribution in [0.25, 0.3) is 0 Å². The number of carbonyl (C=O) groups is 4. The largest absolute Gasteiger partial charge is 0.480 e. The van der Waals surface area contributed by atoms with Gasteiger partial charge in [0.25, 0.3) is 0 Å². The number of nitrogens with zero attached hydrogens (tertiary/aromatic N) is 1. The van der Waals surface area contributed by atoms with Gasteiger partial charge in [-0.2, -0.15) is 0 Å². The van der Waals surface area contributed by atoms with E-state index >= 15 is 0 Å². The first-order chi connectivity index (χ1) is 14.9. The van der Waals surface area contributed by atoms with Gasteiger partial charge in [-0.25, -0.2) is 9.59 Å². The number of Topliss-reactive ketones (excluding diaryl/α,β-unsaturated/α-hetero) is 1. The minimum atomic E-state index is -1.19. The summed E-state index contributed by atoms with van der Waals surface area (Å²) in [6.07, 6.45) is 6.06. The number of halogens is 1. The predicted molar refractivity (Wildman–Crippen MR) is 121 cm³/mol. The molecule has 1 aromatic heterocycles. The highest BCUT2D eigenvalue weighted by Gasteiger charge is 2.03. The number of allylic oxidation sites excluding steroid dienone is 1. The lowest BCUT2D eigenvalue weighted by Gasteiger charge is -1.99. The van der Waals surface area contributed by atoms with E-state index in [1.54, 1.807) is 19.3 Å². The van der Waals surface area contributed by atoms with E-state index in [-0.39, 0.29) is 12.4 Å². The van der Waals surface area contributed by atoms with Crippen molar-refractivity contribution in [3.8, 4) is 0 Å². The maximum atomic E-state index is 10.6. The summed E-state index contributed by atoms with van der Waals surface area (Å²) in [5.74, 6) is -1.88. The highest BCUT2D eigenvalue weighted by atomic mass is 35.5. The lowest BCUT2D eigenvalue weighted by molar-refractivity contribution is -0.143. The number of carbonyl (C=O) groups excluding carboxylic acids is 3. The van der Waals surface area contributed by atoms with Crippen LogP contribution in [0.2, 0.25) is 0 Å². The van der Waals surface area contributed by atoms with Gasteiger partial charge in [-0.1, -0.05) is 19.2 Å². The standard InChI is InChI=1S/C7H10O3.C5H5N.C4H5ClO.C4H8O.C2H4O3/c1-5(2)7(9)10-4-6(3)8;1-2-4-6-5-3-1;1-3(2)4(5)6;1-2-4-5-3-1;3-1-2(4)5/h1,4H2,2-3H3;1-5H;1H2,2H3;1-4H2;3H,1H2,(H,4,5). The Morgan fingerprint density at radius 3 is 1.59 bits per heavy atom. The zero-order valence-corrected chi connectivity index (χ0v) is 19.5. The van der Waals surface area contributed by atoms with Crippen molar-refractivity contribution in [3.63, 3.8) is 0 Å². The van der Waals surface area contributed by atoms with Crippen LogP contribution < -0.4 is 0 Å². The average Bonchev–Trinajstić information content (AvgIpc) is 3.34. The molecule has 2 heterocycles. The van der Waals surface area contributed by atoms with Gasteiger partial charge in [-0.05, 0) is 57.3 Å². The Labute approximate surface area is 193 Å². The number of carboxylic acids is 1. The molecular weight excluding hydrogens is 442 g/mol. The van der Waals surface area contributed by atoms with Crippen LogP contribution in [0.5, 0.6) is 0 Å². The summed E-state index contributed by atoms with van der Waals surface area (Å²) in [7, 11) is 0. The van der Waals surface area contributed by atoms with Gasteiger partial charge in [0.2, 0.25) is 5.24 Å². The van der Waals surface area contributed by atoms with E-state index in [2.05, 4.69) is 22.9 Å². The molecule has 180 valence electrons. The van der Waals surface area contributed by atoms with E-state index in [0.717, 1.165) is 13.2 Å². The minimum absolute atomic E-state index is 0.161. The monoisotopic (exact) mass is 473 g/mol. The third-order valence-electron chi connectivity index (χ3n) is 2.62. The van der Waals surface area contributed by atoms with Crippen LogP contribution >= 0.6 is 11.6 Å². The van der Waals surface area contributed by atoms with Gasteiger partial charge in [0, 0.05) is 36.8 Å². The summed E-state index contributed by atoms with van der Waals surface area (Å²) in [5.41, 5.74) is 0.693. The quantitative estimate of drug-likeness (QED) is 0.375. The first kappa shape index (κ1) is 33.8. The molecule has 0 bridgehead atoms. The zero-order valence-electron chi connectivity index (χ0n) is 18.7. The Bertz CT molecular complexity index is 642. The van der Waals surface area contributed by atoms with Gasteiger partial charge < -0.3 is 19.7 Å². The molecule has 0 aliphatic carbocycles. The van der Waals surface area contributed by atoms with Crippen LogP contribution in [0.1, 0.15) is 33.6 Å². The van der Waals surface area contributed by atoms with Crippen molar-refractivity contribution < 1.29 is 38.9 Å². The van der Waals surface area contributed by atoms with Gasteiger partial charge >= 0.3 is 11.9 Å². The summed E-state index contributed by atoms with van der Waals surface area (Å²) in [4.78, 5) is 43.5. The zero-order chi connectivity index (χ0) is 25.4. The summed E-state index contributed by atoms with van der Waals surface area (Å²) < 4.78 is 9.42. The van der Waals surface area contributed by atoms with Gasteiger partial charge in [-0.15, -0.1) is 0 Å². The molecule has 0 radical (unpaired) electrons. The maximum Gasteiger partial charge on any atom is 0.333 e. The molecule has 1 fully saturated rings. The lowest BCUT2D eigenvalue weighted by atomic mass is 10.4. The van der Waals surface area contributed by atoms with Crippen molar-refractivity contribution >= 4 is 34.6 Å². The Kier molecular flexibility index (Phi) is 25.7. The Morgan fingerprint density at radius 1 is 1.00 bits per heavy atom. The molecule has 9 nitrogen and oxygen atoms in total. The molecule has 1 aromatic rings. The van der Waals surface area contributed by atoms with E-state index in [0.29, 0.717) is 11.1 Å². The molecule has 1 saturated heterocycles. The number of hydrogen-bond donors (Lipinski definition) is 2. The SMILES string of the molecule is C1CCOC1.C=C(C)C(=O)Cl.C=C(C)C(=O)OCC(C)=O.O=C(O)CO.c1ccncc1. The van der Waals surface area contributed by atoms with Crippen LogP contribution in [-0.2, 0) is 28.7 Å². The van der Waals surface area contributed by atoms with Crippen molar-refractivity contribution in [3.05, 3.63) is 54.9 Å². The smallest absolute Gasteiger partial charge is 0.333 e. The van der Waals surface area contributed by atoms with Crippen LogP contribution in [0, 0.1) is 0 Å². The maximum absolute atomic E-state index is 10.6. The number of aliphatic hydroxyl groups is 1. The fourth-order valence-corrected chi connectivity index (χ4v) is 1.11. The van der Waals surface area contributed by atoms with Gasteiger partial charge in [0.05, 0.1) is 0 Å². The molecule has 0 spiro atoms. The highest BCUT2D eigenvalue weighted by Crippen LogP contribution is 1.98. The van der Waals surface area contributed by atoms with Crippen molar-refractivity contribution in [2.75, 3.05) is 26.4 Å². The van der Waals surface area contributed by atoms with E-state index in [1.807, 2.05) is 18.2 Å². The number of rotatable bonds is 5. The third-order valence-corrected chi connectivity index (χ3v) is 2.94. The molecule has 0 unspecified atom stereocenters. The van der Waals surface area contributed by atoms with E-state index in [1.165, 1.54) is 26.7 Å². The molecule has 0 amide bonds. The number of ketones is 1. The van der Waals surface area contributed by atoms with Crippen molar-refractivity contribution in [2.45, 2.75) is 33.6 Å². The Morgan fingerprint density at radius 2 is 1.44 bits per heavy atom. The first-order valence-corrected chi connectivity index (χ1v) is 9.76. The number of hydrogen-bond acceptors (Lipinski definition) is 8. The highest BCUT2D eigenvalue weighted by molar-refractivity contribution is 6.67. The molecule has 0 saturated carbocycles. The first-order valence-electron chi connectivity index (χ1n) is 9.38. The van der Waals surface area contributed by atoms with Crippen LogP contribution in [-0.4, -0.2) is 64.6 Å². The van der Waals surface area contributed by atoms with Crippen LogP contribution in [0.15, 0.2) is 54.9 Å². The van der Waals surface area contributed by atoms with Crippen LogP contribution in [0.3, 0.4) is 0 Å². The molecular formula is C22H32ClNO8. The third kappa shape index (κ3) is 34.6. The van der Waals surface area contributed by atoms with Crippen molar-refractivity contribution in [1.82, 2.24) is 4.98 Å². The lowest BCUT2D eigenvalue weighted by Crippen LogP contribution is -2.11. The molecule has 10 heteroatoms. The molecule has 0 aromatic carbocycles. The number of carboxylic acid groups (broad SMARTS) is 1. The Hall–Kier alpha value is -2.88. The second-order valence-electron chi connectivity index (χ2n) is 6.01. The van der Waals surface area contributed by atoms with Gasteiger partial charge in [0.15, 0.2) is 5.78 Å². The summed E-state index contributed by atoms with van der Waals surface area (Å²) in [6, 6.07) is 5.72. The van der Waals surface area contributed by atoms with Gasteiger partial charge in [0.1, 0.15) is 13.2 Å².